The van der Waals surface area contributed by atoms with Crippen molar-refractivity contribution < 1.29 is 14.5 Å². The minimum atomic E-state index is -0.518. The molecule has 1 aromatic heterocycles. The van der Waals surface area contributed by atoms with Gasteiger partial charge in [-0.05, 0) is 36.1 Å². The number of nitrogens with zero attached hydrogens (tertiary/aromatic N) is 6. The number of piperazine rings is 1. The molecule has 0 aliphatic carbocycles. The summed E-state index contributed by atoms with van der Waals surface area (Å²) in [6.07, 6.45) is 1.42. The van der Waals surface area contributed by atoms with Crippen molar-refractivity contribution in [1.29, 1.82) is 0 Å². The summed E-state index contributed by atoms with van der Waals surface area (Å²) in [4.78, 5) is 33.2. The van der Waals surface area contributed by atoms with Gasteiger partial charge in [0.25, 0.3) is 5.91 Å². The van der Waals surface area contributed by atoms with E-state index in [0.717, 1.165) is 18.8 Å². The molecule has 30 heavy (non-hydrogen) atoms. The first-order valence-corrected chi connectivity index (χ1v) is 9.94. The number of hydrogen-bond acceptors (Lipinski definition) is 7. The number of rotatable bonds is 5. The summed E-state index contributed by atoms with van der Waals surface area (Å²) >= 11 is 0. The summed E-state index contributed by atoms with van der Waals surface area (Å²) < 4.78 is 7.61. The molecule has 3 heterocycles. The molecule has 0 bridgehead atoms. The van der Waals surface area contributed by atoms with Crippen LogP contribution in [0.25, 0.3) is 0 Å². The average molecular weight is 414 g/mol. The SMILES string of the molecule is CN(C)c1ccc(C(=O)N2CCN(CC3(C)Cn4cc([N+](=O)[O-])nc4O3)CC2)cc1. The number of fused-ring (bicyclic) bond motifs is 1. The molecule has 2 aromatic rings. The Morgan fingerprint density at radius 1 is 1.23 bits per heavy atom. The van der Waals surface area contributed by atoms with Crippen LogP contribution in [0.3, 0.4) is 0 Å². The lowest BCUT2D eigenvalue weighted by Gasteiger charge is -2.38. The van der Waals surface area contributed by atoms with Crippen LogP contribution in [0.4, 0.5) is 11.5 Å². The molecule has 1 atom stereocenters. The first kappa shape index (κ1) is 20.1. The van der Waals surface area contributed by atoms with Gasteiger partial charge in [-0.1, -0.05) is 0 Å². The number of ether oxygens (including phenoxy) is 1. The highest BCUT2D eigenvalue weighted by molar-refractivity contribution is 5.94. The van der Waals surface area contributed by atoms with Crippen molar-refractivity contribution in [1.82, 2.24) is 19.4 Å². The number of hydrogen-bond donors (Lipinski definition) is 0. The van der Waals surface area contributed by atoms with Gasteiger partial charge in [0.15, 0.2) is 0 Å². The van der Waals surface area contributed by atoms with Crippen LogP contribution >= 0.6 is 0 Å². The number of carbonyl (C=O) groups is 1. The monoisotopic (exact) mass is 414 g/mol. The minimum absolute atomic E-state index is 0.0516. The Hall–Kier alpha value is -3.14. The molecule has 0 spiro atoms. The smallest absolute Gasteiger partial charge is 0.415 e. The van der Waals surface area contributed by atoms with Gasteiger partial charge in [-0.15, -0.1) is 0 Å². The van der Waals surface area contributed by atoms with Crippen molar-refractivity contribution in [2.24, 2.45) is 0 Å². The fourth-order valence-electron chi connectivity index (χ4n) is 4.03. The van der Waals surface area contributed by atoms with Crippen LogP contribution in [-0.4, -0.2) is 82.6 Å². The molecule has 1 fully saturated rings. The molecule has 10 heteroatoms. The second-order valence-corrected chi connectivity index (χ2v) is 8.33. The van der Waals surface area contributed by atoms with Crippen molar-refractivity contribution >= 4 is 17.4 Å². The summed E-state index contributed by atoms with van der Waals surface area (Å²) in [6.45, 7) is 5.98. The molecule has 1 aromatic carbocycles. The molecule has 10 nitrogen and oxygen atoms in total. The van der Waals surface area contributed by atoms with Crippen molar-refractivity contribution in [3.63, 3.8) is 0 Å². The standard InChI is InChI=1S/C20H26N6O4/c1-20(14-25-12-17(26(28)29)21-19(25)30-20)13-23-8-10-24(11-9-23)18(27)15-4-6-16(7-5-15)22(2)3/h4-7,12H,8-11,13-14H2,1-3H3. The first-order valence-electron chi connectivity index (χ1n) is 9.94. The van der Waals surface area contributed by atoms with Crippen LogP contribution in [0.5, 0.6) is 6.01 Å². The van der Waals surface area contributed by atoms with E-state index in [0.29, 0.717) is 37.8 Å². The van der Waals surface area contributed by atoms with Gasteiger partial charge in [0.2, 0.25) is 0 Å². The van der Waals surface area contributed by atoms with Gasteiger partial charge in [0.1, 0.15) is 11.8 Å². The normalized spacial score (nSPS) is 21.2. The molecule has 4 rings (SSSR count). The number of nitro groups is 1. The highest BCUT2D eigenvalue weighted by atomic mass is 16.6. The summed E-state index contributed by atoms with van der Waals surface area (Å²) in [7, 11) is 3.94. The highest BCUT2D eigenvalue weighted by Crippen LogP contribution is 2.31. The van der Waals surface area contributed by atoms with E-state index in [4.69, 9.17) is 4.74 Å². The van der Waals surface area contributed by atoms with Crippen LogP contribution in [0.15, 0.2) is 30.5 Å². The van der Waals surface area contributed by atoms with Gasteiger partial charge in [0, 0.05) is 63.1 Å². The topological polar surface area (TPSA) is 97.0 Å². The maximum Gasteiger partial charge on any atom is 0.415 e. The lowest BCUT2D eigenvalue weighted by molar-refractivity contribution is -0.389. The van der Waals surface area contributed by atoms with Crippen LogP contribution in [0, 0.1) is 10.1 Å². The summed E-state index contributed by atoms with van der Waals surface area (Å²) in [5.74, 6) is -0.145. The molecule has 160 valence electrons. The third-order valence-electron chi connectivity index (χ3n) is 5.60. The Kier molecular flexibility index (Phi) is 5.10. The number of anilines is 1. The molecule has 0 saturated carbocycles. The largest absolute Gasteiger partial charge is 0.436 e. The average Bonchev–Trinajstić information content (AvgIpc) is 3.23. The van der Waals surface area contributed by atoms with Gasteiger partial charge in [-0.2, -0.15) is 0 Å². The lowest BCUT2D eigenvalue weighted by atomic mass is 10.1. The van der Waals surface area contributed by atoms with Crippen LogP contribution in [0.2, 0.25) is 0 Å². The van der Waals surface area contributed by atoms with E-state index >= 15 is 0 Å². The maximum atomic E-state index is 12.8. The van der Waals surface area contributed by atoms with Crippen molar-refractivity contribution in [2.45, 2.75) is 19.1 Å². The maximum absolute atomic E-state index is 12.8. The fourth-order valence-corrected chi connectivity index (χ4v) is 4.03. The van der Waals surface area contributed by atoms with E-state index in [9.17, 15) is 14.9 Å². The number of imidazole rings is 1. The van der Waals surface area contributed by atoms with Crippen LogP contribution in [0.1, 0.15) is 17.3 Å². The third kappa shape index (κ3) is 3.95. The fraction of sp³-hybridized carbons (Fsp3) is 0.500. The Balaban J connectivity index is 1.31. The quantitative estimate of drug-likeness (QED) is 0.540. The molecular weight excluding hydrogens is 388 g/mol. The third-order valence-corrected chi connectivity index (χ3v) is 5.60. The Bertz CT molecular complexity index is 923. The zero-order chi connectivity index (χ0) is 21.5. The lowest BCUT2D eigenvalue weighted by Crippen LogP contribution is -2.53. The van der Waals surface area contributed by atoms with Gasteiger partial charge in [-0.25, -0.2) is 0 Å². The molecule has 1 unspecified atom stereocenters. The zero-order valence-corrected chi connectivity index (χ0v) is 17.4. The molecule has 0 radical (unpaired) electrons. The Morgan fingerprint density at radius 3 is 2.47 bits per heavy atom. The molecule has 1 saturated heterocycles. The van der Waals surface area contributed by atoms with E-state index in [1.807, 2.05) is 55.1 Å². The van der Waals surface area contributed by atoms with E-state index < -0.39 is 10.5 Å². The van der Waals surface area contributed by atoms with E-state index in [-0.39, 0.29) is 11.7 Å². The van der Waals surface area contributed by atoms with Gasteiger partial charge >= 0.3 is 11.8 Å². The van der Waals surface area contributed by atoms with Crippen molar-refractivity contribution in [2.75, 3.05) is 51.7 Å². The Morgan fingerprint density at radius 2 is 1.90 bits per heavy atom. The summed E-state index contributed by atoms with van der Waals surface area (Å²) in [5, 5.41) is 10.9. The minimum Gasteiger partial charge on any atom is -0.436 e. The van der Waals surface area contributed by atoms with Crippen LogP contribution < -0.4 is 9.64 Å². The van der Waals surface area contributed by atoms with Gasteiger partial charge in [-0.3, -0.25) is 14.3 Å². The number of aromatic nitrogens is 2. The second kappa shape index (κ2) is 7.60. The van der Waals surface area contributed by atoms with Crippen molar-refractivity contribution in [3.8, 4) is 6.01 Å². The first-order chi connectivity index (χ1) is 14.2. The Labute approximate surface area is 174 Å². The molecule has 2 aliphatic rings. The molecule has 0 N–H and O–H groups in total. The van der Waals surface area contributed by atoms with Crippen molar-refractivity contribution in [3.05, 3.63) is 46.1 Å². The molecular formula is C20H26N6O4. The number of benzene rings is 1. The zero-order valence-electron chi connectivity index (χ0n) is 17.4. The van der Waals surface area contributed by atoms with Crippen LogP contribution in [-0.2, 0) is 6.54 Å². The second-order valence-electron chi connectivity index (χ2n) is 8.33. The molecule has 2 aliphatic heterocycles. The molecule has 1 amide bonds. The predicted octanol–water partition coefficient (Wildman–Crippen LogP) is 1.47. The predicted molar refractivity (Wildman–Crippen MR) is 111 cm³/mol. The summed E-state index contributed by atoms with van der Waals surface area (Å²) in [6, 6.07) is 7.94. The van der Waals surface area contributed by atoms with E-state index in [1.165, 1.54) is 6.20 Å². The van der Waals surface area contributed by atoms with E-state index in [1.54, 1.807) is 4.57 Å². The van der Waals surface area contributed by atoms with E-state index in [2.05, 4.69) is 9.88 Å². The highest BCUT2D eigenvalue weighted by Gasteiger charge is 2.42. The number of carbonyl (C=O) groups excluding carboxylic acids is 1. The van der Waals surface area contributed by atoms with Gasteiger partial charge < -0.3 is 24.7 Å². The summed E-state index contributed by atoms with van der Waals surface area (Å²) in [5.41, 5.74) is 1.27. The van der Waals surface area contributed by atoms with Gasteiger partial charge in [0.05, 0.1) is 6.54 Å². The number of amides is 1.